The molecule has 0 aromatic heterocycles. The van der Waals surface area contributed by atoms with Crippen LogP contribution >= 0.6 is 23.2 Å². The second kappa shape index (κ2) is 5.83. The number of anilines is 1. The fourth-order valence-electron chi connectivity index (χ4n) is 1.76. The van der Waals surface area contributed by atoms with Crippen LogP contribution in [-0.4, -0.2) is 5.91 Å². The van der Waals surface area contributed by atoms with E-state index >= 15 is 0 Å². The van der Waals surface area contributed by atoms with Crippen LogP contribution in [0.25, 0.3) is 0 Å². The van der Waals surface area contributed by atoms with Crippen molar-refractivity contribution in [1.29, 1.82) is 0 Å². The maximum absolute atomic E-state index is 12.3. The number of nitrogens with one attached hydrogen (secondary N) is 1. The van der Waals surface area contributed by atoms with Gasteiger partial charge in [0.2, 0.25) is 5.91 Å². The van der Waals surface area contributed by atoms with Crippen molar-refractivity contribution in [2.45, 2.75) is 12.5 Å². The van der Waals surface area contributed by atoms with Crippen LogP contribution in [0, 0.1) is 0 Å². The lowest BCUT2D eigenvalue weighted by Crippen LogP contribution is -2.45. The highest BCUT2D eigenvalue weighted by molar-refractivity contribution is 6.36. The van der Waals surface area contributed by atoms with E-state index in [1.807, 2.05) is 30.3 Å². The average Bonchev–Trinajstić information content (AvgIpc) is 2.42. The highest BCUT2D eigenvalue weighted by Gasteiger charge is 2.30. The van der Waals surface area contributed by atoms with E-state index in [0.717, 1.165) is 5.56 Å². The van der Waals surface area contributed by atoms with Crippen LogP contribution in [0.4, 0.5) is 5.69 Å². The summed E-state index contributed by atoms with van der Waals surface area (Å²) in [6, 6.07) is 14.0. The number of carbonyl (C=O) groups excluding carboxylic acids is 1. The van der Waals surface area contributed by atoms with Crippen molar-refractivity contribution in [2.75, 3.05) is 5.32 Å². The van der Waals surface area contributed by atoms with Gasteiger partial charge in [0.05, 0.1) is 10.7 Å². The quantitative estimate of drug-likeness (QED) is 0.906. The van der Waals surface area contributed by atoms with Crippen molar-refractivity contribution < 1.29 is 4.79 Å². The van der Waals surface area contributed by atoms with Gasteiger partial charge in [0, 0.05) is 5.02 Å². The predicted molar refractivity (Wildman–Crippen MR) is 83.1 cm³/mol. The number of hydrogen-bond donors (Lipinski definition) is 2. The number of halogens is 2. The Morgan fingerprint density at radius 3 is 2.40 bits per heavy atom. The Balaban J connectivity index is 2.23. The van der Waals surface area contributed by atoms with E-state index in [0.29, 0.717) is 15.7 Å². The lowest BCUT2D eigenvalue weighted by Gasteiger charge is -2.24. The Labute approximate surface area is 127 Å². The van der Waals surface area contributed by atoms with Crippen LogP contribution in [0.15, 0.2) is 48.5 Å². The molecule has 3 N–H and O–H groups in total. The summed E-state index contributed by atoms with van der Waals surface area (Å²) in [7, 11) is 0. The van der Waals surface area contributed by atoms with E-state index < -0.39 is 5.54 Å². The summed E-state index contributed by atoms with van der Waals surface area (Å²) in [5.41, 5.74) is 6.18. The highest BCUT2D eigenvalue weighted by atomic mass is 35.5. The first-order chi connectivity index (χ1) is 9.41. The maximum atomic E-state index is 12.3. The summed E-state index contributed by atoms with van der Waals surface area (Å²) in [5.74, 6) is -0.340. The fourth-order valence-corrected chi connectivity index (χ4v) is 2.21. The minimum atomic E-state index is -1.15. The first-order valence-corrected chi connectivity index (χ1v) is 6.78. The molecule has 0 saturated heterocycles. The molecular formula is C15H14Cl2N2O. The monoisotopic (exact) mass is 308 g/mol. The SMILES string of the molecule is CC(N)(C(=O)Nc1ccc(Cl)cc1Cl)c1ccccc1. The van der Waals surface area contributed by atoms with Gasteiger partial charge < -0.3 is 11.1 Å². The van der Waals surface area contributed by atoms with Crippen molar-refractivity contribution in [3.8, 4) is 0 Å². The van der Waals surface area contributed by atoms with Crippen LogP contribution in [0.1, 0.15) is 12.5 Å². The topological polar surface area (TPSA) is 55.1 Å². The van der Waals surface area contributed by atoms with E-state index in [1.54, 1.807) is 25.1 Å². The van der Waals surface area contributed by atoms with Crippen molar-refractivity contribution in [3.05, 3.63) is 64.1 Å². The number of carbonyl (C=O) groups is 1. The third-order valence-corrected chi connectivity index (χ3v) is 3.57. The van der Waals surface area contributed by atoms with Gasteiger partial charge in [-0.3, -0.25) is 4.79 Å². The molecule has 0 bridgehead atoms. The van der Waals surface area contributed by atoms with Crippen LogP contribution in [0.5, 0.6) is 0 Å². The molecule has 20 heavy (non-hydrogen) atoms. The van der Waals surface area contributed by atoms with Gasteiger partial charge in [-0.15, -0.1) is 0 Å². The van der Waals surface area contributed by atoms with E-state index in [9.17, 15) is 4.79 Å². The van der Waals surface area contributed by atoms with E-state index in [4.69, 9.17) is 28.9 Å². The van der Waals surface area contributed by atoms with Gasteiger partial charge in [0.15, 0.2) is 0 Å². The zero-order valence-corrected chi connectivity index (χ0v) is 12.4. The Hall–Kier alpha value is -1.55. The average molecular weight is 309 g/mol. The fraction of sp³-hybridized carbons (Fsp3) is 0.133. The minimum Gasteiger partial charge on any atom is -0.323 e. The maximum Gasteiger partial charge on any atom is 0.248 e. The highest BCUT2D eigenvalue weighted by Crippen LogP contribution is 2.27. The molecule has 104 valence electrons. The van der Waals surface area contributed by atoms with Gasteiger partial charge in [0.25, 0.3) is 0 Å². The van der Waals surface area contributed by atoms with Crippen LogP contribution in [-0.2, 0) is 10.3 Å². The number of nitrogens with two attached hydrogens (primary N) is 1. The normalized spacial score (nSPS) is 13.6. The van der Waals surface area contributed by atoms with E-state index in [2.05, 4.69) is 5.32 Å². The molecule has 0 aliphatic carbocycles. The van der Waals surface area contributed by atoms with Crippen molar-refractivity contribution >= 4 is 34.8 Å². The van der Waals surface area contributed by atoms with Crippen LogP contribution < -0.4 is 11.1 Å². The van der Waals surface area contributed by atoms with Crippen molar-refractivity contribution in [1.82, 2.24) is 0 Å². The number of hydrogen-bond acceptors (Lipinski definition) is 2. The van der Waals surface area contributed by atoms with E-state index in [-0.39, 0.29) is 5.91 Å². The molecule has 1 unspecified atom stereocenters. The molecule has 0 fully saturated rings. The lowest BCUT2D eigenvalue weighted by molar-refractivity contribution is -0.120. The summed E-state index contributed by atoms with van der Waals surface area (Å²) >= 11 is 11.8. The van der Waals surface area contributed by atoms with Gasteiger partial charge in [0.1, 0.15) is 5.54 Å². The Kier molecular flexibility index (Phi) is 4.33. The molecule has 5 heteroatoms. The van der Waals surface area contributed by atoms with Crippen molar-refractivity contribution in [2.24, 2.45) is 5.73 Å². The van der Waals surface area contributed by atoms with Crippen molar-refractivity contribution in [3.63, 3.8) is 0 Å². The Bertz CT molecular complexity index is 627. The minimum absolute atomic E-state index is 0.340. The third kappa shape index (κ3) is 3.12. The molecule has 0 saturated carbocycles. The molecule has 0 radical (unpaired) electrons. The summed E-state index contributed by atoms with van der Waals surface area (Å²) in [5, 5.41) is 3.60. The summed E-state index contributed by atoms with van der Waals surface area (Å²) in [6.45, 7) is 1.65. The standard InChI is InChI=1S/C15H14Cl2N2O/c1-15(18,10-5-3-2-4-6-10)14(20)19-13-8-7-11(16)9-12(13)17/h2-9H,18H2,1H3,(H,19,20). The van der Waals surface area contributed by atoms with Gasteiger partial charge in [-0.2, -0.15) is 0 Å². The van der Waals surface area contributed by atoms with Gasteiger partial charge >= 0.3 is 0 Å². The van der Waals surface area contributed by atoms with Gasteiger partial charge in [-0.1, -0.05) is 53.5 Å². The Morgan fingerprint density at radius 1 is 1.15 bits per heavy atom. The second-order valence-corrected chi connectivity index (χ2v) is 5.49. The van der Waals surface area contributed by atoms with Gasteiger partial charge in [-0.05, 0) is 30.7 Å². The molecule has 1 atom stereocenters. The summed E-state index contributed by atoms with van der Waals surface area (Å²) in [4.78, 5) is 12.3. The zero-order chi connectivity index (χ0) is 14.8. The second-order valence-electron chi connectivity index (χ2n) is 4.65. The molecule has 0 heterocycles. The Morgan fingerprint density at radius 2 is 1.80 bits per heavy atom. The van der Waals surface area contributed by atoms with Gasteiger partial charge in [-0.25, -0.2) is 0 Å². The molecule has 0 aliphatic rings. The molecule has 2 aromatic carbocycles. The molecule has 1 amide bonds. The molecular weight excluding hydrogens is 295 g/mol. The first-order valence-electron chi connectivity index (χ1n) is 6.02. The number of benzene rings is 2. The molecule has 2 aromatic rings. The summed E-state index contributed by atoms with van der Waals surface area (Å²) < 4.78 is 0. The summed E-state index contributed by atoms with van der Waals surface area (Å²) in [6.07, 6.45) is 0. The van der Waals surface area contributed by atoms with Crippen LogP contribution in [0.3, 0.4) is 0 Å². The smallest absolute Gasteiger partial charge is 0.248 e. The molecule has 2 rings (SSSR count). The predicted octanol–water partition coefficient (Wildman–Crippen LogP) is 3.81. The molecule has 3 nitrogen and oxygen atoms in total. The number of rotatable bonds is 3. The lowest BCUT2D eigenvalue weighted by atomic mass is 9.92. The molecule has 0 aliphatic heterocycles. The largest absolute Gasteiger partial charge is 0.323 e. The molecule has 0 spiro atoms. The third-order valence-electron chi connectivity index (χ3n) is 3.02. The van der Waals surface area contributed by atoms with Crippen LogP contribution in [0.2, 0.25) is 10.0 Å². The van der Waals surface area contributed by atoms with E-state index in [1.165, 1.54) is 0 Å². The number of amides is 1. The zero-order valence-electron chi connectivity index (χ0n) is 10.9. The first kappa shape index (κ1) is 14.9.